The maximum absolute atomic E-state index is 13.3. The van der Waals surface area contributed by atoms with Crippen LogP contribution in [0.5, 0.6) is 11.5 Å². The van der Waals surface area contributed by atoms with Crippen LogP contribution >= 0.6 is 0 Å². The molecule has 11 rings (SSSR count). The summed E-state index contributed by atoms with van der Waals surface area (Å²) in [5.74, 6) is 0.970. The highest BCUT2D eigenvalue weighted by Gasteiger charge is 2.51. The first-order valence-electron chi connectivity index (χ1n) is 20.5. The average molecular weight is 793 g/mol. The van der Waals surface area contributed by atoms with Gasteiger partial charge in [-0.25, -0.2) is 9.97 Å². The normalized spacial score (nSPS) is 22.4. The summed E-state index contributed by atoms with van der Waals surface area (Å²) in [6.07, 6.45) is 6.18. The van der Waals surface area contributed by atoms with E-state index in [-0.39, 0.29) is 18.7 Å². The van der Waals surface area contributed by atoms with Crippen molar-refractivity contribution in [2.24, 2.45) is 5.41 Å². The van der Waals surface area contributed by atoms with E-state index in [4.69, 9.17) is 15.5 Å². The Morgan fingerprint density at radius 3 is 2.24 bits per heavy atom. The Bertz CT molecular complexity index is 2510. The molecule has 5 aromatic rings. The number of imide groups is 2. The lowest BCUT2D eigenvalue weighted by Gasteiger charge is -2.61. The van der Waals surface area contributed by atoms with E-state index in [1.165, 1.54) is 0 Å². The van der Waals surface area contributed by atoms with Gasteiger partial charge in [-0.1, -0.05) is 18.2 Å². The number of likely N-dealkylation sites (tertiary alicyclic amines) is 2. The molecule has 0 saturated carbocycles. The summed E-state index contributed by atoms with van der Waals surface area (Å²) in [5.41, 5.74) is 10.9. The van der Waals surface area contributed by atoms with Gasteiger partial charge in [0.1, 0.15) is 34.6 Å². The van der Waals surface area contributed by atoms with Crippen LogP contribution in [0.3, 0.4) is 0 Å². The maximum Gasteiger partial charge on any atom is 0.262 e. The Labute approximate surface area is 340 Å². The van der Waals surface area contributed by atoms with Crippen molar-refractivity contribution in [3.63, 3.8) is 0 Å². The second-order valence-corrected chi connectivity index (χ2v) is 17.0. The Kier molecular flexibility index (Phi) is 8.27. The largest absolute Gasteiger partial charge is 0.457 e. The number of anilines is 3. The Morgan fingerprint density at radius 1 is 0.780 bits per heavy atom. The SMILES string of the molecule is Nc1nccn2c(N3CCC4(CC3)CN(C3CN(C5CN(c6ccc7c(c6)C(=O)N(C6CCC(=O)NC6=O)C7=O)C5)C3)C4)nc(-c3ccc(Oc4ccccc4)cc3)c12. The molecule has 5 fully saturated rings. The molecule has 1 unspecified atom stereocenters. The number of para-hydroxylation sites is 1. The smallest absolute Gasteiger partial charge is 0.262 e. The second kappa shape index (κ2) is 13.6. The van der Waals surface area contributed by atoms with Crippen molar-refractivity contribution in [2.45, 2.75) is 43.8 Å². The molecule has 5 saturated heterocycles. The second-order valence-electron chi connectivity index (χ2n) is 17.0. The third kappa shape index (κ3) is 6.01. The molecule has 300 valence electrons. The molecule has 15 nitrogen and oxygen atoms in total. The number of carbonyl (C=O) groups excluding carboxylic acids is 4. The molecule has 3 aromatic carbocycles. The van der Waals surface area contributed by atoms with E-state index in [0.717, 1.165) is 110 Å². The number of fused-ring (bicyclic) bond motifs is 2. The first kappa shape index (κ1) is 35.8. The quantitative estimate of drug-likeness (QED) is 0.220. The Balaban J connectivity index is 0.673. The summed E-state index contributed by atoms with van der Waals surface area (Å²) in [5, 5.41) is 2.25. The van der Waals surface area contributed by atoms with Crippen molar-refractivity contribution in [2.75, 3.05) is 67.9 Å². The molecule has 8 heterocycles. The van der Waals surface area contributed by atoms with Gasteiger partial charge in [0.05, 0.1) is 11.1 Å². The number of nitrogens with two attached hydrogens (primary N) is 1. The minimum atomic E-state index is -0.961. The van der Waals surface area contributed by atoms with Gasteiger partial charge in [0, 0.05) is 94.5 Å². The number of benzene rings is 3. The fraction of sp³-hybridized carbons (Fsp3) is 0.364. The number of amides is 4. The molecule has 15 heteroatoms. The molecular formula is C44H44N10O5. The van der Waals surface area contributed by atoms with Crippen LogP contribution in [-0.2, 0) is 9.59 Å². The number of hydrogen-bond donors (Lipinski definition) is 2. The fourth-order valence-electron chi connectivity index (χ4n) is 9.92. The van der Waals surface area contributed by atoms with Crippen LogP contribution in [0.15, 0.2) is 85.2 Å². The summed E-state index contributed by atoms with van der Waals surface area (Å²) in [6.45, 7) is 8.00. The molecule has 2 aromatic heterocycles. The van der Waals surface area contributed by atoms with E-state index in [9.17, 15) is 19.2 Å². The number of rotatable bonds is 8. The van der Waals surface area contributed by atoms with Gasteiger partial charge in [0.2, 0.25) is 17.8 Å². The molecule has 0 aliphatic carbocycles. The Hall–Kier alpha value is -6.32. The zero-order valence-electron chi connectivity index (χ0n) is 32.5. The highest BCUT2D eigenvalue weighted by Crippen LogP contribution is 2.44. The van der Waals surface area contributed by atoms with Crippen molar-refractivity contribution in [3.05, 3.63) is 96.3 Å². The van der Waals surface area contributed by atoms with E-state index >= 15 is 0 Å². The molecule has 59 heavy (non-hydrogen) atoms. The van der Waals surface area contributed by atoms with Gasteiger partial charge in [0.15, 0.2) is 0 Å². The maximum atomic E-state index is 13.3. The molecule has 6 aliphatic rings. The van der Waals surface area contributed by atoms with E-state index in [1.54, 1.807) is 18.3 Å². The lowest BCUT2D eigenvalue weighted by Crippen LogP contribution is -2.74. The zero-order valence-corrected chi connectivity index (χ0v) is 32.5. The van der Waals surface area contributed by atoms with Crippen LogP contribution in [0.1, 0.15) is 46.4 Å². The van der Waals surface area contributed by atoms with Crippen LogP contribution in [0.2, 0.25) is 0 Å². The summed E-state index contributed by atoms with van der Waals surface area (Å²) in [6, 6.07) is 23.1. The number of nitrogens with zero attached hydrogens (tertiary/aromatic N) is 8. The van der Waals surface area contributed by atoms with Crippen LogP contribution in [0.4, 0.5) is 17.5 Å². The number of nitrogens with one attached hydrogen (secondary N) is 1. The molecule has 6 aliphatic heterocycles. The first-order chi connectivity index (χ1) is 28.7. The van der Waals surface area contributed by atoms with Gasteiger partial charge in [-0.2, -0.15) is 0 Å². The van der Waals surface area contributed by atoms with Crippen molar-refractivity contribution in [1.29, 1.82) is 0 Å². The van der Waals surface area contributed by atoms with E-state index in [0.29, 0.717) is 34.4 Å². The highest BCUT2D eigenvalue weighted by atomic mass is 16.5. The van der Waals surface area contributed by atoms with Gasteiger partial charge < -0.3 is 20.3 Å². The fourth-order valence-corrected chi connectivity index (χ4v) is 9.92. The minimum Gasteiger partial charge on any atom is -0.457 e. The highest BCUT2D eigenvalue weighted by molar-refractivity contribution is 6.23. The van der Waals surface area contributed by atoms with Crippen molar-refractivity contribution in [3.8, 4) is 22.8 Å². The first-order valence-corrected chi connectivity index (χ1v) is 20.5. The van der Waals surface area contributed by atoms with Gasteiger partial charge >= 0.3 is 0 Å². The number of piperidine rings is 2. The van der Waals surface area contributed by atoms with Gasteiger partial charge in [-0.05, 0) is 79.3 Å². The molecule has 1 spiro atoms. The lowest BCUT2D eigenvalue weighted by molar-refractivity contribution is -0.136. The number of aromatic nitrogens is 3. The van der Waals surface area contributed by atoms with E-state index < -0.39 is 23.8 Å². The number of hydrogen-bond acceptors (Lipinski definition) is 12. The average Bonchev–Trinajstić information content (AvgIpc) is 3.70. The van der Waals surface area contributed by atoms with Gasteiger partial charge in [0.25, 0.3) is 11.8 Å². The monoisotopic (exact) mass is 792 g/mol. The summed E-state index contributed by atoms with van der Waals surface area (Å²) in [7, 11) is 0. The molecular weight excluding hydrogens is 749 g/mol. The van der Waals surface area contributed by atoms with E-state index in [1.807, 2.05) is 66.9 Å². The third-order valence-corrected chi connectivity index (χ3v) is 13.4. The number of nitrogen functional groups attached to an aromatic ring is 1. The van der Waals surface area contributed by atoms with Crippen molar-refractivity contribution >= 4 is 46.6 Å². The molecule has 3 N–H and O–H groups in total. The molecule has 1 atom stereocenters. The molecule has 4 amide bonds. The van der Waals surface area contributed by atoms with Crippen LogP contribution in [0, 0.1) is 5.41 Å². The standard InChI is InChI=1S/C44H44N10O5/c45-39-38-37(27-6-9-32(10-7-27)59-31-4-2-1-3-5-31)48-43(53(38)19-16-46-39)49-17-14-44(15-18-49)25-52(26-44)30-23-51(24-30)29-21-50(22-29)28-8-11-33-34(20-28)42(58)54(41(33)57)35-12-13-36(55)47-40(35)56/h1-11,16,19-20,29-30,35H,12-15,17-18,21-26H2,(H2,45,46)(H,47,55,56). The third-order valence-electron chi connectivity index (χ3n) is 13.4. The zero-order chi connectivity index (χ0) is 40.0. The molecule has 0 bridgehead atoms. The topological polar surface area (TPSA) is 162 Å². The van der Waals surface area contributed by atoms with Crippen LogP contribution in [-0.4, -0.2) is 123 Å². The minimum absolute atomic E-state index is 0.101. The number of carbonyl (C=O) groups is 4. The number of imidazole rings is 1. The number of ether oxygens (including phenoxy) is 1. The predicted molar refractivity (Wildman–Crippen MR) is 219 cm³/mol. The predicted octanol–water partition coefficient (Wildman–Crippen LogP) is 3.65. The lowest BCUT2D eigenvalue weighted by atomic mass is 9.71. The molecule has 0 radical (unpaired) electrons. The Morgan fingerprint density at radius 2 is 1.49 bits per heavy atom. The van der Waals surface area contributed by atoms with Crippen molar-refractivity contribution < 1.29 is 23.9 Å². The van der Waals surface area contributed by atoms with Crippen molar-refractivity contribution in [1.82, 2.24) is 34.4 Å². The summed E-state index contributed by atoms with van der Waals surface area (Å²) >= 11 is 0. The van der Waals surface area contributed by atoms with Crippen LogP contribution < -0.4 is 25.6 Å². The van der Waals surface area contributed by atoms with Gasteiger partial charge in [-0.3, -0.25) is 43.6 Å². The summed E-state index contributed by atoms with van der Waals surface area (Å²) < 4.78 is 8.11. The van der Waals surface area contributed by atoms with E-state index in [2.05, 4.69) is 34.3 Å². The van der Waals surface area contributed by atoms with Crippen LogP contribution in [0.25, 0.3) is 16.8 Å². The summed E-state index contributed by atoms with van der Waals surface area (Å²) in [4.78, 5) is 71.0. The van der Waals surface area contributed by atoms with Gasteiger partial charge in [-0.15, -0.1) is 0 Å².